The van der Waals surface area contributed by atoms with Gasteiger partial charge in [-0.2, -0.15) is 0 Å². The Kier molecular flexibility index (Phi) is 18.2. The number of halogens is 1. The summed E-state index contributed by atoms with van der Waals surface area (Å²) < 4.78 is 0. The fourth-order valence-electron chi connectivity index (χ4n) is 0.478. The average Bonchev–Trinajstić information content (AvgIpc) is 1.87. The van der Waals surface area contributed by atoms with Gasteiger partial charge in [0.05, 0.1) is 0 Å². The number of rotatable bonds is 0. The average molecular weight is 277 g/mol. The second kappa shape index (κ2) is 12.4. The summed E-state index contributed by atoms with van der Waals surface area (Å²) in [4.78, 5) is 21.7. The summed E-state index contributed by atoms with van der Waals surface area (Å²) in [5.74, 6) is 0. The van der Waals surface area contributed by atoms with Crippen LogP contribution in [-0.2, 0) is 19.5 Å². The summed E-state index contributed by atoms with van der Waals surface area (Å²) in [6, 6.07) is 9.87. The van der Waals surface area contributed by atoms with E-state index < -0.39 is 8.60 Å². The third kappa shape index (κ3) is 19.0. The van der Waals surface area contributed by atoms with E-state index in [1.165, 1.54) is 0 Å². The zero-order valence-electron chi connectivity index (χ0n) is 6.97. The summed E-state index contributed by atoms with van der Waals surface area (Å²) in [6.45, 7) is 0. The summed E-state index contributed by atoms with van der Waals surface area (Å²) in [5.41, 5.74) is 4.79. The van der Waals surface area contributed by atoms with Crippen LogP contribution in [0.15, 0.2) is 30.3 Å². The molecular weight excluding hydrogens is 266 g/mol. The molecule has 0 saturated carbocycles. The number of hydrogen-bond donors (Lipinski definition) is 4. The van der Waals surface area contributed by atoms with Gasteiger partial charge >= 0.3 is 8.60 Å². The summed E-state index contributed by atoms with van der Waals surface area (Å²) >= 11 is 0. The second-order valence-electron chi connectivity index (χ2n) is 1.75. The predicted octanol–water partition coefficient (Wildman–Crippen LogP) is -3.25. The van der Waals surface area contributed by atoms with Crippen LogP contribution in [0.2, 0.25) is 0 Å². The monoisotopic (exact) mass is 275 g/mol. The van der Waals surface area contributed by atoms with E-state index in [4.69, 9.17) is 14.7 Å². The zero-order chi connectivity index (χ0) is 8.69. The summed E-state index contributed by atoms with van der Waals surface area (Å²) in [5, 5.41) is 0. The Morgan fingerprint density at radius 1 is 1.00 bits per heavy atom. The molecule has 0 aromatic heterocycles. The Morgan fingerprint density at radius 2 is 1.31 bits per heavy atom. The van der Waals surface area contributed by atoms with Crippen LogP contribution in [0.1, 0.15) is 0 Å². The smallest absolute Gasteiger partial charge is 0.324 e. The molecular formula is C6H11ClNO3PZn. The number of benzene rings is 1. The fourth-order valence-corrected chi connectivity index (χ4v) is 0.478. The first-order valence-corrected chi connectivity index (χ1v) is 4.06. The van der Waals surface area contributed by atoms with Crippen LogP contribution in [0.3, 0.4) is 0 Å². The molecule has 1 rings (SSSR count). The fraction of sp³-hybridized carbons (Fsp3) is 0. The first kappa shape index (κ1) is 19.1. The Morgan fingerprint density at radius 3 is 1.46 bits per heavy atom. The Bertz CT molecular complexity index is 188. The van der Waals surface area contributed by atoms with Crippen molar-refractivity contribution in [2.24, 2.45) is 0 Å². The van der Waals surface area contributed by atoms with E-state index in [1.54, 1.807) is 0 Å². The van der Waals surface area contributed by atoms with Gasteiger partial charge in [-0.3, -0.25) is 0 Å². The van der Waals surface area contributed by atoms with Crippen molar-refractivity contribution in [2.75, 3.05) is 0 Å². The van der Waals surface area contributed by atoms with Crippen molar-refractivity contribution in [3.63, 3.8) is 0 Å². The van der Waals surface area contributed by atoms with Crippen molar-refractivity contribution in [1.29, 1.82) is 0 Å². The SMILES string of the molecule is OP(O)O.[Cl-].[NH3+]c1ccccc1.[Zn]. The molecule has 0 bridgehead atoms. The van der Waals surface area contributed by atoms with E-state index in [0.717, 1.165) is 5.69 Å². The van der Waals surface area contributed by atoms with E-state index >= 15 is 0 Å². The topological polar surface area (TPSA) is 88.3 Å². The van der Waals surface area contributed by atoms with Crippen molar-refractivity contribution in [3.05, 3.63) is 30.3 Å². The van der Waals surface area contributed by atoms with Gasteiger partial charge in [0.2, 0.25) is 0 Å². The molecule has 1 aromatic carbocycles. The molecule has 7 heteroatoms. The van der Waals surface area contributed by atoms with Gasteiger partial charge in [0, 0.05) is 19.5 Å². The molecule has 0 atom stereocenters. The molecule has 13 heavy (non-hydrogen) atoms. The Hall–Kier alpha value is 0.403. The van der Waals surface area contributed by atoms with Gasteiger partial charge in [-0.15, -0.1) is 0 Å². The van der Waals surface area contributed by atoms with E-state index in [2.05, 4.69) is 5.73 Å². The molecule has 72 valence electrons. The first-order chi connectivity index (χ1) is 5.13. The van der Waals surface area contributed by atoms with E-state index in [9.17, 15) is 0 Å². The van der Waals surface area contributed by atoms with Crippen LogP contribution in [-0.4, -0.2) is 14.7 Å². The van der Waals surface area contributed by atoms with Crippen LogP contribution >= 0.6 is 8.60 Å². The molecule has 0 aliphatic heterocycles. The number of quaternary nitrogens is 1. The summed E-state index contributed by atoms with van der Waals surface area (Å²) in [7, 11) is -2.62. The van der Waals surface area contributed by atoms with Gasteiger partial charge in [0.15, 0.2) is 0 Å². The van der Waals surface area contributed by atoms with Gasteiger partial charge in [-0.1, -0.05) is 18.2 Å². The van der Waals surface area contributed by atoms with Crippen LogP contribution in [0, 0.1) is 0 Å². The molecule has 6 N–H and O–H groups in total. The third-order valence-corrected chi connectivity index (χ3v) is 0.843. The number of hydrogen-bond acceptors (Lipinski definition) is 3. The molecule has 0 saturated heterocycles. The maximum absolute atomic E-state index is 7.23. The van der Waals surface area contributed by atoms with E-state index in [0.29, 0.717) is 0 Å². The molecule has 0 radical (unpaired) electrons. The molecule has 0 heterocycles. The van der Waals surface area contributed by atoms with Gasteiger partial charge < -0.3 is 32.8 Å². The Labute approximate surface area is 97.0 Å². The van der Waals surface area contributed by atoms with Crippen LogP contribution in [0.25, 0.3) is 0 Å². The van der Waals surface area contributed by atoms with E-state index in [1.807, 2.05) is 30.3 Å². The quantitative estimate of drug-likeness (QED) is 0.297. The van der Waals surface area contributed by atoms with Crippen molar-refractivity contribution in [3.8, 4) is 0 Å². The van der Waals surface area contributed by atoms with Crippen LogP contribution in [0.5, 0.6) is 0 Å². The minimum atomic E-state index is -2.62. The molecule has 0 fully saturated rings. The van der Waals surface area contributed by atoms with Gasteiger partial charge in [-0.05, 0) is 12.1 Å². The van der Waals surface area contributed by atoms with Crippen molar-refractivity contribution in [2.45, 2.75) is 0 Å². The minimum absolute atomic E-state index is 0. The maximum atomic E-state index is 7.23. The molecule has 0 spiro atoms. The van der Waals surface area contributed by atoms with E-state index in [-0.39, 0.29) is 31.9 Å². The second-order valence-corrected chi connectivity index (χ2v) is 2.29. The molecule has 0 aliphatic carbocycles. The minimum Gasteiger partial charge on any atom is -1.00 e. The van der Waals surface area contributed by atoms with Crippen molar-refractivity contribution < 1.29 is 52.3 Å². The van der Waals surface area contributed by atoms with Gasteiger partial charge in [0.1, 0.15) is 5.69 Å². The molecule has 4 nitrogen and oxygen atoms in total. The summed E-state index contributed by atoms with van der Waals surface area (Å²) in [6.07, 6.45) is 0. The predicted molar refractivity (Wildman–Crippen MR) is 42.6 cm³/mol. The van der Waals surface area contributed by atoms with Crippen molar-refractivity contribution in [1.82, 2.24) is 0 Å². The molecule has 1 aromatic rings. The normalized spacial score (nSPS) is 7.46. The van der Waals surface area contributed by atoms with Crippen LogP contribution < -0.4 is 18.1 Å². The van der Waals surface area contributed by atoms with Gasteiger partial charge in [-0.25, -0.2) is 0 Å². The molecule has 0 amide bonds. The first-order valence-electron chi connectivity index (χ1n) is 2.86. The third-order valence-electron chi connectivity index (χ3n) is 0.843. The molecule has 0 aliphatic rings. The van der Waals surface area contributed by atoms with Crippen LogP contribution in [0.4, 0.5) is 5.69 Å². The largest absolute Gasteiger partial charge is 1.00 e. The van der Waals surface area contributed by atoms with Crippen molar-refractivity contribution >= 4 is 14.3 Å². The maximum Gasteiger partial charge on any atom is 0.324 e. The standard InChI is InChI=1S/C6H7N.ClH.H3O3P.Zn/c7-6-4-2-1-3-5-6;;1-4(2)3;/h1-5H,7H2;1H;1-3H;. The molecule has 0 unspecified atom stereocenters. The van der Waals surface area contributed by atoms with Gasteiger partial charge in [0.25, 0.3) is 0 Å². The Balaban J connectivity index is -0.000000150. The zero-order valence-corrected chi connectivity index (χ0v) is 11.6.